The molecule has 1 heterocycles. The summed E-state index contributed by atoms with van der Waals surface area (Å²) in [5, 5.41) is 1.10. The van der Waals surface area contributed by atoms with Crippen molar-refractivity contribution in [2.75, 3.05) is 26.1 Å². The van der Waals surface area contributed by atoms with E-state index in [1.54, 1.807) is 7.11 Å². The summed E-state index contributed by atoms with van der Waals surface area (Å²) >= 11 is 0. The van der Waals surface area contributed by atoms with Crippen LogP contribution in [0.5, 0.6) is 5.75 Å². The van der Waals surface area contributed by atoms with Gasteiger partial charge in [-0.05, 0) is 24.3 Å². The predicted octanol–water partition coefficient (Wildman–Crippen LogP) is 2.31. The Hall–Kier alpha value is -1.77. The number of methoxy groups -OCH3 is 1. The molecule has 15 heavy (non-hydrogen) atoms. The minimum Gasteiger partial charge on any atom is -0.497 e. The number of hydrogen-bond donors (Lipinski definition) is 0. The van der Waals surface area contributed by atoms with Crippen LogP contribution in [0.3, 0.4) is 0 Å². The smallest absolute Gasteiger partial charge is 0.119 e. The van der Waals surface area contributed by atoms with E-state index < -0.39 is 0 Å². The second kappa shape index (κ2) is 3.77. The van der Waals surface area contributed by atoms with E-state index in [1.807, 2.05) is 43.4 Å². The van der Waals surface area contributed by atoms with Gasteiger partial charge < -0.3 is 9.64 Å². The molecule has 0 aliphatic rings. The fourth-order valence-electron chi connectivity index (χ4n) is 1.47. The Morgan fingerprint density at radius 2 is 2.00 bits per heavy atom. The molecule has 1 aromatic carbocycles. The zero-order valence-corrected chi connectivity index (χ0v) is 9.19. The molecule has 0 saturated heterocycles. The maximum absolute atomic E-state index is 5.18. The molecule has 0 N–H and O–H groups in total. The fourth-order valence-corrected chi connectivity index (χ4v) is 1.47. The monoisotopic (exact) mass is 202 g/mol. The van der Waals surface area contributed by atoms with E-state index in [-0.39, 0.29) is 0 Å². The molecule has 0 spiro atoms. The second-order valence-electron chi connectivity index (χ2n) is 3.65. The van der Waals surface area contributed by atoms with Gasteiger partial charge in [-0.3, -0.25) is 4.98 Å². The van der Waals surface area contributed by atoms with Crippen molar-refractivity contribution < 1.29 is 4.74 Å². The number of fused-ring (bicyclic) bond motifs is 1. The lowest BCUT2D eigenvalue weighted by Crippen LogP contribution is -2.08. The molecule has 2 aromatic rings. The maximum Gasteiger partial charge on any atom is 0.119 e. The topological polar surface area (TPSA) is 25.4 Å². The van der Waals surface area contributed by atoms with E-state index in [2.05, 4.69) is 11.1 Å². The van der Waals surface area contributed by atoms with E-state index in [9.17, 15) is 0 Å². The van der Waals surface area contributed by atoms with Gasteiger partial charge in [0.1, 0.15) is 5.75 Å². The van der Waals surface area contributed by atoms with E-state index in [4.69, 9.17) is 4.74 Å². The Morgan fingerprint density at radius 3 is 2.67 bits per heavy atom. The third-order valence-corrected chi connectivity index (χ3v) is 2.39. The van der Waals surface area contributed by atoms with Crippen LogP contribution in [0, 0.1) is 0 Å². The van der Waals surface area contributed by atoms with E-state index in [0.29, 0.717) is 0 Å². The highest BCUT2D eigenvalue weighted by atomic mass is 16.5. The van der Waals surface area contributed by atoms with Gasteiger partial charge in [-0.25, -0.2) is 0 Å². The highest BCUT2D eigenvalue weighted by Gasteiger charge is 2.00. The molecule has 0 atom stereocenters. The van der Waals surface area contributed by atoms with Gasteiger partial charge in [-0.15, -0.1) is 0 Å². The first-order valence-electron chi connectivity index (χ1n) is 4.82. The molecular formula is C12H14N2O. The summed E-state index contributed by atoms with van der Waals surface area (Å²) in [6.45, 7) is 0. The summed E-state index contributed by atoms with van der Waals surface area (Å²) in [6.07, 6.45) is 1.87. The van der Waals surface area contributed by atoms with Crippen LogP contribution in [0.2, 0.25) is 0 Å². The van der Waals surface area contributed by atoms with Crippen molar-refractivity contribution in [3.63, 3.8) is 0 Å². The van der Waals surface area contributed by atoms with Crippen LogP contribution >= 0.6 is 0 Å². The van der Waals surface area contributed by atoms with Crippen molar-refractivity contribution in [3.05, 3.63) is 30.5 Å². The first kappa shape index (κ1) is 9.77. The highest BCUT2D eigenvalue weighted by molar-refractivity contribution is 5.83. The van der Waals surface area contributed by atoms with Crippen LogP contribution < -0.4 is 9.64 Å². The van der Waals surface area contributed by atoms with Crippen molar-refractivity contribution in [1.82, 2.24) is 4.98 Å². The van der Waals surface area contributed by atoms with Crippen molar-refractivity contribution in [2.24, 2.45) is 0 Å². The molecule has 3 nitrogen and oxygen atoms in total. The van der Waals surface area contributed by atoms with Gasteiger partial charge in [0.05, 0.1) is 24.5 Å². The van der Waals surface area contributed by atoms with Crippen LogP contribution in [0.4, 0.5) is 5.69 Å². The quantitative estimate of drug-likeness (QED) is 0.747. The van der Waals surface area contributed by atoms with Crippen LogP contribution in [0.25, 0.3) is 10.9 Å². The van der Waals surface area contributed by atoms with Crippen molar-refractivity contribution >= 4 is 16.6 Å². The largest absolute Gasteiger partial charge is 0.497 e. The van der Waals surface area contributed by atoms with Gasteiger partial charge in [-0.2, -0.15) is 0 Å². The SMILES string of the molecule is COc1ccc2ncc(N(C)C)cc2c1. The van der Waals surface area contributed by atoms with Crippen LogP contribution in [0.1, 0.15) is 0 Å². The molecule has 0 bridgehead atoms. The Morgan fingerprint density at radius 1 is 1.20 bits per heavy atom. The number of ether oxygens (including phenoxy) is 1. The molecule has 1 aromatic heterocycles. The number of aromatic nitrogens is 1. The molecule has 0 saturated carbocycles. The van der Waals surface area contributed by atoms with Gasteiger partial charge in [0.15, 0.2) is 0 Å². The van der Waals surface area contributed by atoms with Gasteiger partial charge in [-0.1, -0.05) is 0 Å². The molecule has 2 rings (SSSR count). The average Bonchev–Trinajstić information content (AvgIpc) is 2.27. The number of rotatable bonds is 2. The lowest BCUT2D eigenvalue weighted by atomic mass is 10.2. The summed E-state index contributed by atoms with van der Waals surface area (Å²) < 4.78 is 5.18. The summed E-state index contributed by atoms with van der Waals surface area (Å²) in [7, 11) is 5.68. The Labute approximate surface area is 89.3 Å². The lowest BCUT2D eigenvalue weighted by molar-refractivity contribution is 0.415. The van der Waals surface area contributed by atoms with Gasteiger partial charge in [0, 0.05) is 19.5 Å². The third-order valence-electron chi connectivity index (χ3n) is 2.39. The minimum atomic E-state index is 0.861. The zero-order valence-electron chi connectivity index (χ0n) is 9.19. The normalized spacial score (nSPS) is 10.3. The number of pyridine rings is 1. The molecule has 0 amide bonds. The first-order valence-corrected chi connectivity index (χ1v) is 4.82. The molecule has 0 aliphatic carbocycles. The van der Waals surface area contributed by atoms with E-state index in [1.165, 1.54) is 0 Å². The molecule has 0 aliphatic heterocycles. The van der Waals surface area contributed by atoms with Gasteiger partial charge >= 0.3 is 0 Å². The Kier molecular flexibility index (Phi) is 2.46. The minimum absolute atomic E-state index is 0.861. The van der Waals surface area contributed by atoms with Gasteiger partial charge in [0.25, 0.3) is 0 Å². The summed E-state index contributed by atoms with van der Waals surface area (Å²) in [5.41, 5.74) is 2.08. The van der Waals surface area contributed by atoms with E-state index in [0.717, 1.165) is 22.3 Å². The molecule has 0 radical (unpaired) electrons. The van der Waals surface area contributed by atoms with Crippen molar-refractivity contribution in [1.29, 1.82) is 0 Å². The summed E-state index contributed by atoms with van der Waals surface area (Å²) in [4.78, 5) is 6.41. The standard InChI is InChI=1S/C12H14N2O/c1-14(2)10-6-9-7-11(15-3)4-5-12(9)13-8-10/h4-8H,1-3H3. The molecule has 3 heteroatoms. The van der Waals surface area contributed by atoms with Crippen LogP contribution in [0.15, 0.2) is 30.5 Å². The van der Waals surface area contributed by atoms with E-state index >= 15 is 0 Å². The predicted molar refractivity (Wildman–Crippen MR) is 62.6 cm³/mol. The highest BCUT2D eigenvalue weighted by Crippen LogP contribution is 2.22. The Bertz CT molecular complexity index is 480. The molecular weight excluding hydrogens is 188 g/mol. The molecule has 0 unspecified atom stereocenters. The van der Waals surface area contributed by atoms with Crippen LogP contribution in [-0.4, -0.2) is 26.2 Å². The number of benzene rings is 1. The fraction of sp³-hybridized carbons (Fsp3) is 0.250. The van der Waals surface area contributed by atoms with Crippen LogP contribution in [-0.2, 0) is 0 Å². The maximum atomic E-state index is 5.18. The number of anilines is 1. The second-order valence-corrected chi connectivity index (χ2v) is 3.65. The first-order chi connectivity index (χ1) is 7.20. The van der Waals surface area contributed by atoms with Crippen molar-refractivity contribution in [3.8, 4) is 5.75 Å². The summed E-state index contributed by atoms with van der Waals surface area (Å²) in [5.74, 6) is 0.861. The zero-order chi connectivity index (χ0) is 10.8. The number of nitrogens with zero attached hydrogens (tertiary/aromatic N) is 2. The molecule has 0 fully saturated rings. The van der Waals surface area contributed by atoms with Crippen molar-refractivity contribution in [2.45, 2.75) is 0 Å². The third kappa shape index (κ3) is 1.86. The molecule has 78 valence electrons. The lowest BCUT2D eigenvalue weighted by Gasteiger charge is -2.12. The summed E-state index contributed by atoms with van der Waals surface area (Å²) in [6, 6.07) is 7.98. The average molecular weight is 202 g/mol. The Balaban J connectivity index is 2.57. The number of hydrogen-bond acceptors (Lipinski definition) is 3. The van der Waals surface area contributed by atoms with Gasteiger partial charge in [0.2, 0.25) is 0 Å².